The van der Waals surface area contributed by atoms with E-state index in [0.717, 1.165) is 26.4 Å². The number of aromatic nitrogens is 1. The van der Waals surface area contributed by atoms with Gasteiger partial charge in [0.1, 0.15) is 11.6 Å². The predicted molar refractivity (Wildman–Crippen MR) is 105 cm³/mol. The molecule has 0 fully saturated rings. The average molecular weight is 384 g/mol. The number of benzene rings is 2. The van der Waals surface area contributed by atoms with Gasteiger partial charge in [-0.15, -0.1) is 11.3 Å². The van der Waals surface area contributed by atoms with Gasteiger partial charge in [-0.05, 0) is 43.2 Å². The van der Waals surface area contributed by atoms with Crippen molar-refractivity contribution >= 4 is 39.1 Å². The Kier molecular flexibility index (Phi) is 6.16. The van der Waals surface area contributed by atoms with Crippen molar-refractivity contribution in [2.75, 3.05) is 18.5 Å². The van der Waals surface area contributed by atoms with E-state index < -0.39 is 5.97 Å². The van der Waals surface area contributed by atoms with Crippen LogP contribution in [0.3, 0.4) is 0 Å². The van der Waals surface area contributed by atoms with Crippen LogP contribution in [0.5, 0.6) is 0 Å². The number of fused-ring (bicyclic) bond motifs is 1. The zero-order chi connectivity index (χ0) is 19.2. The Balaban J connectivity index is 1.40. The van der Waals surface area contributed by atoms with E-state index in [1.54, 1.807) is 0 Å². The molecule has 1 N–H and O–H groups in total. The number of aryl methyl sites for hydroxylation is 2. The predicted octanol–water partition coefficient (Wildman–Crippen LogP) is 3.61. The van der Waals surface area contributed by atoms with Crippen molar-refractivity contribution in [1.29, 1.82) is 0 Å². The molecule has 0 aliphatic rings. The first kappa shape index (κ1) is 19.0. The molecule has 0 radical (unpaired) electrons. The number of ether oxygens (including phenoxy) is 2. The second kappa shape index (κ2) is 8.75. The van der Waals surface area contributed by atoms with E-state index in [1.807, 2.05) is 56.3 Å². The lowest BCUT2D eigenvalue weighted by Crippen LogP contribution is -2.23. The molecule has 140 valence electrons. The SMILES string of the molecule is Cc1ccc(C)c(NC(=O)COC(=O)COCc2nc3ccccc3s2)c1. The molecule has 0 spiro atoms. The number of amides is 1. The zero-order valence-electron chi connectivity index (χ0n) is 15.2. The van der Waals surface area contributed by atoms with Gasteiger partial charge in [0.25, 0.3) is 5.91 Å². The molecule has 0 bridgehead atoms. The minimum Gasteiger partial charge on any atom is -0.454 e. The topological polar surface area (TPSA) is 77.5 Å². The summed E-state index contributed by atoms with van der Waals surface area (Å²) in [7, 11) is 0. The van der Waals surface area contributed by atoms with E-state index >= 15 is 0 Å². The number of para-hydroxylation sites is 1. The van der Waals surface area contributed by atoms with E-state index in [4.69, 9.17) is 9.47 Å². The second-order valence-electron chi connectivity index (χ2n) is 6.10. The Morgan fingerprint density at radius 3 is 2.74 bits per heavy atom. The van der Waals surface area contributed by atoms with Gasteiger partial charge >= 0.3 is 5.97 Å². The van der Waals surface area contributed by atoms with Crippen molar-refractivity contribution in [3.8, 4) is 0 Å². The molecule has 3 rings (SSSR count). The monoisotopic (exact) mass is 384 g/mol. The summed E-state index contributed by atoms with van der Waals surface area (Å²) in [5.74, 6) is -0.976. The number of thiazole rings is 1. The normalized spacial score (nSPS) is 10.7. The van der Waals surface area contributed by atoms with E-state index in [0.29, 0.717) is 5.69 Å². The third-order valence-electron chi connectivity index (χ3n) is 3.82. The molecule has 2 aromatic carbocycles. The maximum atomic E-state index is 11.9. The number of nitrogens with one attached hydrogen (secondary N) is 1. The smallest absolute Gasteiger partial charge is 0.332 e. The van der Waals surface area contributed by atoms with Gasteiger partial charge in [0.2, 0.25) is 0 Å². The summed E-state index contributed by atoms with van der Waals surface area (Å²) >= 11 is 1.52. The molecule has 7 heteroatoms. The highest BCUT2D eigenvalue weighted by Gasteiger charge is 2.10. The van der Waals surface area contributed by atoms with Crippen LogP contribution in [-0.2, 0) is 25.7 Å². The summed E-state index contributed by atoms with van der Waals surface area (Å²) in [6.45, 7) is 3.49. The summed E-state index contributed by atoms with van der Waals surface area (Å²) in [6, 6.07) is 13.5. The fraction of sp³-hybridized carbons (Fsp3) is 0.250. The third kappa shape index (κ3) is 5.35. The summed E-state index contributed by atoms with van der Waals surface area (Å²) < 4.78 is 11.4. The zero-order valence-corrected chi connectivity index (χ0v) is 16.0. The Morgan fingerprint density at radius 1 is 1.11 bits per heavy atom. The molecule has 0 aliphatic heterocycles. The van der Waals surface area contributed by atoms with Crippen LogP contribution < -0.4 is 5.32 Å². The van der Waals surface area contributed by atoms with Crippen molar-refractivity contribution in [3.63, 3.8) is 0 Å². The van der Waals surface area contributed by atoms with Gasteiger partial charge in [-0.25, -0.2) is 9.78 Å². The number of hydrogen-bond acceptors (Lipinski definition) is 6. The second-order valence-corrected chi connectivity index (χ2v) is 7.21. The largest absolute Gasteiger partial charge is 0.454 e. The van der Waals surface area contributed by atoms with Crippen LogP contribution in [0, 0.1) is 13.8 Å². The number of carbonyl (C=O) groups is 2. The molecule has 1 heterocycles. The molecule has 1 aromatic heterocycles. The minimum absolute atomic E-state index is 0.225. The van der Waals surface area contributed by atoms with Gasteiger partial charge in [-0.3, -0.25) is 4.79 Å². The highest BCUT2D eigenvalue weighted by Crippen LogP contribution is 2.22. The van der Waals surface area contributed by atoms with Gasteiger partial charge in [0.15, 0.2) is 6.61 Å². The lowest BCUT2D eigenvalue weighted by atomic mass is 10.1. The maximum absolute atomic E-state index is 11.9. The Morgan fingerprint density at radius 2 is 1.93 bits per heavy atom. The average Bonchev–Trinajstić information content (AvgIpc) is 3.06. The molecule has 3 aromatic rings. The van der Waals surface area contributed by atoms with Gasteiger partial charge in [0, 0.05) is 5.69 Å². The first-order chi connectivity index (χ1) is 13.0. The van der Waals surface area contributed by atoms with Crippen LogP contribution in [0.25, 0.3) is 10.2 Å². The van der Waals surface area contributed by atoms with Gasteiger partial charge < -0.3 is 14.8 Å². The molecule has 0 atom stereocenters. The number of nitrogens with zero attached hydrogens (tertiary/aromatic N) is 1. The summed E-state index contributed by atoms with van der Waals surface area (Å²) in [4.78, 5) is 28.1. The minimum atomic E-state index is -0.591. The summed E-state index contributed by atoms with van der Waals surface area (Å²) in [6.07, 6.45) is 0. The fourth-order valence-corrected chi connectivity index (χ4v) is 3.35. The number of carbonyl (C=O) groups excluding carboxylic acids is 2. The van der Waals surface area contributed by atoms with Crippen molar-refractivity contribution in [2.45, 2.75) is 20.5 Å². The Hall–Kier alpha value is -2.77. The van der Waals surface area contributed by atoms with Gasteiger partial charge in [-0.2, -0.15) is 0 Å². The van der Waals surface area contributed by atoms with Crippen molar-refractivity contribution in [2.24, 2.45) is 0 Å². The quantitative estimate of drug-likeness (QED) is 0.630. The molecular weight excluding hydrogens is 364 g/mol. The van der Waals surface area contributed by atoms with Crippen molar-refractivity contribution in [1.82, 2.24) is 4.98 Å². The molecule has 0 aliphatic carbocycles. The van der Waals surface area contributed by atoms with E-state index in [2.05, 4.69) is 10.3 Å². The molecule has 0 saturated carbocycles. The molecular formula is C20H20N2O4S. The van der Waals surface area contributed by atoms with Crippen molar-refractivity contribution in [3.05, 3.63) is 58.6 Å². The summed E-state index contributed by atoms with van der Waals surface area (Å²) in [5.41, 5.74) is 3.60. The third-order valence-corrected chi connectivity index (χ3v) is 4.82. The maximum Gasteiger partial charge on any atom is 0.332 e. The fourth-order valence-electron chi connectivity index (χ4n) is 2.45. The van der Waals surface area contributed by atoms with E-state index in [9.17, 15) is 9.59 Å². The molecule has 0 unspecified atom stereocenters. The van der Waals surface area contributed by atoms with Gasteiger partial charge in [0.05, 0.1) is 16.8 Å². The molecule has 27 heavy (non-hydrogen) atoms. The van der Waals surface area contributed by atoms with Crippen LogP contribution in [0.15, 0.2) is 42.5 Å². The summed E-state index contributed by atoms with van der Waals surface area (Å²) in [5, 5.41) is 3.53. The van der Waals surface area contributed by atoms with Crippen LogP contribution >= 0.6 is 11.3 Å². The first-order valence-electron chi connectivity index (χ1n) is 8.46. The van der Waals surface area contributed by atoms with Crippen molar-refractivity contribution < 1.29 is 19.1 Å². The van der Waals surface area contributed by atoms with Crippen LogP contribution in [0.4, 0.5) is 5.69 Å². The van der Waals surface area contributed by atoms with Crippen LogP contribution in [0.2, 0.25) is 0 Å². The number of anilines is 1. The highest BCUT2D eigenvalue weighted by molar-refractivity contribution is 7.18. The number of rotatable bonds is 7. The van der Waals surface area contributed by atoms with E-state index in [-0.39, 0.29) is 25.7 Å². The lowest BCUT2D eigenvalue weighted by molar-refractivity contribution is -0.152. The number of esters is 1. The number of hydrogen-bond donors (Lipinski definition) is 1. The Labute approximate surface area is 161 Å². The highest BCUT2D eigenvalue weighted by atomic mass is 32.1. The molecule has 6 nitrogen and oxygen atoms in total. The molecule has 1 amide bonds. The standard InChI is InChI=1S/C20H20N2O4S/c1-13-7-8-14(2)16(9-13)21-18(23)10-26-20(24)12-25-11-19-22-15-5-3-4-6-17(15)27-19/h3-9H,10-12H2,1-2H3,(H,21,23). The van der Waals surface area contributed by atoms with E-state index in [1.165, 1.54) is 11.3 Å². The van der Waals surface area contributed by atoms with Gasteiger partial charge in [-0.1, -0.05) is 24.3 Å². The molecule has 0 saturated heterocycles. The van der Waals surface area contributed by atoms with Crippen LogP contribution in [0.1, 0.15) is 16.1 Å². The Bertz CT molecular complexity index is 935. The van der Waals surface area contributed by atoms with Crippen LogP contribution in [-0.4, -0.2) is 30.1 Å². The first-order valence-corrected chi connectivity index (χ1v) is 9.28. The lowest BCUT2D eigenvalue weighted by Gasteiger charge is -2.10.